The lowest BCUT2D eigenvalue weighted by Crippen LogP contribution is -2.30. The number of hydrogen-bond donors (Lipinski definition) is 3. The highest BCUT2D eigenvalue weighted by molar-refractivity contribution is 7.94. The van der Waals surface area contributed by atoms with Crippen molar-refractivity contribution in [2.75, 3.05) is 18.9 Å². The van der Waals surface area contributed by atoms with Gasteiger partial charge in [0.2, 0.25) is 0 Å². The van der Waals surface area contributed by atoms with Crippen LogP contribution < -0.4 is 11.1 Å². The second kappa shape index (κ2) is 7.75. The SMILES string of the molecule is C=CS(=O)(=O)C(C)OCCNC(=O)c1ccc(N)c(S(=O)(=O)O)c1. The molecule has 1 aromatic carbocycles. The molecule has 9 nitrogen and oxygen atoms in total. The lowest BCUT2D eigenvalue weighted by atomic mass is 10.2. The van der Waals surface area contributed by atoms with Crippen molar-refractivity contribution in [3.63, 3.8) is 0 Å². The Bertz CT molecular complexity index is 832. The predicted molar refractivity (Wildman–Crippen MR) is 87.5 cm³/mol. The second-order valence-electron chi connectivity index (χ2n) is 4.68. The van der Waals surface area contributed by atoms with E-state index in [4.69, 9.17) is 15.0 Å². The van der Waals surface area contributed by atoms with Gasteiger partial charge in [-0.3, -0.25) is 9.35 Å². The molecule has 1 atom stereocenters. The molecule has 0 aliphatic rings. The zero-order valence-corrected chi connectivity index (χ0v) is 14.4. The molecule has 0 bridgehead atoms. The molecule has 0 heterocycles. The molecule has 134 valence electrons. The maximum absolute atomic E-state index is 11.9. The number of amides is 1. The van der Waals surface area contributed by atoms with Gasteiger partial charge in [0, 0.05) is 17.5 Å². The maximum atomic E-state index is 11.9. The molecule has 0 radical (unpaired) electrons. The first-order valence-corrected chi connectivity index (χ1v) is 9.67. The first-order chi connectivity index (χ1) is 11.0. The van der Waals surface area contributed by atoms with E-state index in [-0.39, 0.29) is 24.4 Å². The predicted octanol–water partition coefficient (Wildman–Crippen LogP) is 0.166. The van der Waals surface area contributed by atoms with Crippen LogP contribution in [0.1, 0.15) is 17.3 Å². The lowest BCUT2D eigenvalue weighted by molar-refractivity contribution is 0.0897. The largest absolute Gasteiger partial charge is 0.398 e. The molecule has 0 aliphatic carbocycles. The summed E-state index contributed by atoms with van der Waals surface area (Å²) < 4.78 is 59.1. The highest BCUT2D eigenvalue weighted by Crippen LogP contribution is 2.19. The number of carbonyl (C=O) groups is 1. The number of nitrogen functional groups attached to an aromatic ring is 1. The molecule has 4 N–H and O–H groups in total. The third-order valence-electron chi connectivity index (χ3n) is 2.99. The quantitative estimate of drug-likeness (QED) is 0.329. The monoisotopic (exact) mass is 378 g/mol. The number of rotatable bonds is 8. The smallest absolute Gasteiger partial charge is 0.296 e. The van der Waals surface area contributed by atoms with E-state index < -0.39 is 36.2 Å². The summed E-state index contributed by atoms with van der Waals surface area (Å²) in [4.78, 5) is 11.3. The molecule has 0 aromatic heterocycles. The summed E-state index contributed by atoms with van der Waals surface area (Å²) in [5.41, 5.74) is 4.09. The van der Waals surface area contributed by atoms with E-state index in [1.807, 2.05) is 0 Å². The molecule has 1 unspecified atom stereocenters. The fourth-order valence-electron chi connectivity index (χ4n) is 1.62. The van der Waals surface area contributed by atoms with Crippen LogP contribution in [0.2, 0.25) is 0 Å². The van der Waals surface area contributed by atoms with Crippen molar-refractivity contribution in [2.24, 2.45) is 0 Å². The van der Waals surface area contributed by atoms with Crippen molar-refractivity contribution in [1.29, 1.82) is 0 Å². The summed E-state index contributed by atoms with van der Waals surface area (Å²) in [7, 11) is -8.11. The van der Waals surface area contributed by atoms with Gasteiger partial charge in [0.15, 0.2) is 15.3 Å². The molecular weight excluding hydrogens is 360 g/mol. The average molecular weight is 378 g/mol. The van der Waals surface area contributed by atoms with Crippen molar-refractivity contribution in [1.82, 2.24) is 5.32 Å². The molecule has 11 heteroatoms. The number of ether oxygens (including phenoxy) is 1. The highest BCUT2D eigenvalue weighted by Gasteiger charge is 2.18. The fraction of sp³-hybridized carbons (Fsp3) is 0.308. The number of carbonyl (C=O) groups excluding carboxylic acids is 1. The van der Waals surface area contributed by atoms with Gasteiger partial charge in [-0.2, -0.15) is 8.42 Å². The molecule has 0 saturated carbocycles. The number of sulfone groups is 1. The lowest BCUT2D eigenvalue weighted by Gasteiger charge is -2.12. The molecule has 1 amide bonds. The Balaban J connectivity index is 2.66. The van der Waals surface area contributed by atoms with Crippen LogP contribution in [0.5, 0.6) is 0 Å². The number of hydrogen-bond acceptors (Lipinski definition) is 7. The zero-order valence-electron chi connectivity index (χ0n) is 12.8. The summed E-state index contributed by atoms with van der Waals surface area (Å²) >= 11 is 0. The molecule has 0 aliphatic heterocycles. The molecule has 1 aromatic rings. The summed E-state index contributed by atoms with van der Waals surface area (Å²) in [6.07, 6.45) is 0. The Kier molecular flexibility index (Phi) is 6.49. The number of nitrogens with one attached hydrogen (secondary N) is 1. The van der Waals surface area contributed by atoms with Crippen LogP contribution in [0.3, 0.4) is 0 Å². The third kappa shape index (κ3) is 5.30. The zero-order chi connectivity index (χ0) is 18.5. The Morgan fingerprint density at radius 3 is 2.58 bits per heavy atom. The van der Waals surface area contributed by atoms with Gasteiger partial charge in [0.25, 0.3) is 16.0 Å². The van der Waals surface area contributed by atoms with Gasteiger partial charge >= 0.3 is 0 Å². The van der Waals surface area contributed by atoms with E-state index in [1.54, 1.807) is 0 Å². The van der Waals surface area contributed by atoms with Crippen molar-refractivity contribution >= 4 is 31.5 Å². The third-order valence-corrected chi connectivity index (χ3v) is 5.42. The molecule has 0 saturated heterocycles. The van der Waals surface area contributed by atoms with Crippen LogP contribution in [0.15, 0.2) is 35.1 Å². The number of anilines is 1. The highest BCUT2D eigenvalue weighted by atomic mass is 32.2. The normalized spacial score (nSPS) is 13.2. The minimum atomic E-state index is -4.55. The Hall–Kier alpha value is -1.95. The topological polar surface area (TPSA) is 153 Å². The second-order valence-corrected chi connectivity index (χ2v) is 8.24. The maximum Gasteiger partial charge on any atom is 0.296 e. The van der Waals surface area contributed by atoms with Gasteiger partial charge in [-0.1, -0.05) is 6.58 Å². The molecule has 24 heavy (non-hydrogen) atoms. The summed E-state index contributed by atoms with van der Waals surface area (Å²) in [6.45, 7) is 4.40. The van der Waals surface area contributed by atoms with Crippen LogP contribution in [-0.2, 0) is 24.7 Å². The van der Waals surface area contributed by atoms with Crippen LogP contribution in [0.4, 0.5) is 5.69 Å². The molecule has 0 spiro atoms. The number of benzene rings is 1. The van der Waals surface area contributed by atoms with Gasteiger partial charge in [-0.15, -0.1) is 0 Å². The van der Waals surface area contributed by atoms with E-state index in [2.05, 4.69) is 11.9 Å². The van der Waals surface area contributed by atoms with Gasteiger partial charge in [-0.25, -0.2) is 8.42 Å². The van der Waals surface area contributed by atoms with E-state index >= 15 is 0 Å². The first-order valence-electron chi connectivity index (χ1n) is 6.62. The van der Waals surface area contributed by atoms with Crippen LogP contribution in [0.25, 0.3) is 0 Å². The van der Waals surface area contributed by atoms with Gasteiger partial charge in [0.1, 0.15) is 4.90 Å². The molecule has 0 fully saturated rings. The Morgan fingerprint density at radius 1 is 1.42 bits per heavy atom. The van der Waals surface area contributed by atoms with Gasteiger partial charge in [0.05, 0.1) is 12.3 Å². The van der Waals surface area contributed by atoms with Gasteiger partial charge in [-0.05, 0) is 25.1 Å². The number of nitrogens with two attached hydrogens (primary N) is 1. The van der Waals surface area contributed by atoms with Crippen molar-refractivity contribution in [3.8, 4) is 0 Å². The van der Waals surface area contributed by atoms with E-state index in [9.17, 15) is 21.6 Å². The molecular formula is C13H18N2O7S2. The summed E-state index contributed by atoms with van der Waals surface area (Å²) in [5, 5.41) is 3.20. The Labute approximate surface area is 140 Å². The van der Waals surface area contributed by atoms with Crippen molar-refractivity contribution < 1.29 is 30.9 Å². The molecule has 1 rings (SSSR count). The Morgan fingerprint density at radius 2 is 2.04 bits per heavy atom. The fourth-order valence-corrected chi connectivity index (χ4v) is 2.82. The standard InChI is InChI=1S/C13H18N2O7S2/c1-3-23(17,18)9(2)22-7-6-15-13(16)10-4-5-11(14)12(8-10)24(19,20)21/h3-5,8-9H,1,6-7,14H2,2H3,(H,15,16)(H,19,20,21). The van der Waals surface area contributed by atoms with Crippen molar-refractivity contribution in [2.45, 2.75) is 17.3 Å². The minimum Gasteiger partial charge on any atom is -0.398 e. The van der Waals surface area contributed by atoms with Crippen LogP contribution >= 0.6 is 0 Å². The van der Waals surface area contributed by atoms with E-state index in [1.165, 1.54) is 19.1 Å². The van der Waals surface area contributed by atoms with Gasteiger partial charge < -0.3 is 15.8 Å². The summed E-state index contributed by atoms with van der Waals surface area (Å²) in [5.74, 6) is -0.636. The van der Waals surface area contributed by atoms with Crippen LogP contribution in [0, 0.1) is 0 Å². The van der Waals surface area contributed by atoms with Crippen molar-refractivity contribution in [3.05, 3.63) is 35.7 Å². The summed E-state index contributed by atoms with van der Waals surface area (Å²) in [6, 6.07) is 3.39. The van der Waals surface area contributed by atoms with Crippen LogP contribution in [-0.4, -0.2) is 45.9 Å². The minimum absolute atomic E-state index is 0.0125. The first kappa shape index (κ1) is 20.1. The van der Waals surface area contributed by atoms with E-state index in [0.29, 0.717) is 0 Å². The average Bonchev–Trinajstić information content (AvgIpc) is 2.50. The van der Waals surface area contributed by atoms with E-state index in [0.717, 1.165) is 11.5 Å².